The molecule has 2 aromatic carbocycles. The van der Waals surface area contributed by atoms with E-state index in [0.29, 0.717) is 29.8 Å². The van der Waals surface area contributed by atoms with Crippen molar-refractivity contribution in [1.29, 1.82) is 0 Å². The molecule has 2 aliphatic carbocycles. The first-order chi connectivity index (χ1) is 14.9. The van der Waals surface area contributed by atoms with Gasteiger partial charge >= 0.3 is 0 Å². The van der Waals surface area contributed by atoms with E-state index in [1.807, 2.05) is 6.92 Å². The summed E-state index contributed by atoms with van der Waals surface area (Å²) in [5.74, 6) is 2.38. The lowest BCUT2D eigenvalue weighted by Crippen LogP contribution is -2.40. The monoisotopic (exact) mass is 442 g/mol. The first-order valence-corrected chi connectivity index (χ1v) is 12.5. The molecule has 7 heteroatoms. The number of nitrogens with one attached hydrogen (secondary N) is 2. The SMILES string of the molecule is CCOc1ccc(S(=O)(=O)Nc2ccccc2C(=O)N[C@@H](C)[C@H]2C[C@H]3CC[C@H]2C3)cc1. The molecule has 0 saturated heterocycles. The molecule has 166 valence electrons. The normalized spacial score (nSPS) is 23.4. The first-order valence-electron chi connectivity index (χ1n) is 11.0. The Morgan fingerprint density at radius 3 is 2.48 bits per heavy atom. The third kappa shape index (κ3) is 4.71. The Morgan fingerprint density at radius 2 is 1.84 bits per heavy atom. The molecular formula is C24H30N2O4S. The maximum atomic E-state index is 13.0. The van der Waals surface area contributed by atoms with Crippen LogP contribution in [0.5, 0.6) is 5.75 Å². The average molecular weight is 443 g/mol. The number of para-hydroxylation sites is 1. The lowest BCUT2D eigenvalue weighted by molar-refractivity contribution is 0.0916. The number of ether oxygens (including phenoxy) is 1. The maximum Gasteiger partial charge on any atom is 0.261 e. The van der Waals surface area contributed by atoms with Gasteiger partial charge in [0.15, 0.2) is 0 Å². The van der Waals surface area contributed by atoms with Gasteiger partial charge in [0.25, 0.3) is 15.9 Å². The number of benzene rings is 2. The van der Waals surface area contributed by atoms with Crippen LogP contribution in [0.2, 0.25) is 0 Å². The van der Waals surface area contributed by atoms with Gasteiger partial charge in [0.05, 0.1) is 22.8 Å². The van der Waals surface area contributed by atoms with Gasteiger partial charge < -0.3 is 10.1 Å². The van der Waals surface area contributed by atoms with Crippen molar-refractivity contribution in [2.45, 2.75) is 50.5 Å². The lowest BCUT2D eigenvalue weighted by atomic mass is 9.84. The van der Waals surface area contributed by atoms with Crippen molar-refractivity contribution in [2.24, 2.45) is 17.8 Å². The summed E-state index contributed by atoms with van der Waals surface area (Å²) in [6.07, 6.45) is 5.04. The van der Waals surface area contributed by atoms with Gasteiger partial charge in [-0.1, -0.05) is 18.6 Å². The van der Waals surface area contributed by atoms with Crippen LogP contribution >= 0.6 is 0 Å². The van der Waals surface area contributed by atoms with Crippen LogP contribution in [0.1, 0.15) is 49.9 Å². The minimum absolute atomic E-state index is 0.0681. The Kier molecular flexibility index (Phi) is 6.23. The highest BCUT2D eigenvalue weighted by Gasteiger charge is 2.42. The Hall–Kier alpha value is -2.54. The van der Waals surface area contributed by atoms with Gasteiger partial charge in [-0.15, -0.1) is 0 Å². The van der Waals surface area contributed by atoms with Gasteiger partial charge in [-0.3, -0.25) is 9.52 Å². The zero-order valence-electron chi connectivity index (χ0n) is 18.0. The minimum atomic E-state index is -3.84. The van der Waals surface area contributed by atoms with Crippen LogP contribution in [0, 0.1) is 17.8 Å². The van der Waals surface area contributed by atoms with Gasteiger partial charge in [-0.2, -0.15) is 0 Å². The molecule has 0 heterocycles. The van der Waals surface area contributed by atoms with Crippen LogP contribution in [0.25, 0.3) is 0 Å². The Bertz CT molecular complexity index is 1040. The van der Waals surface area contributed by atoms with Crippen molar-refractivity contribution >= 4 is 21.6 Å². The van der Waals surface area contributed by atoms with Crippen LogP contribution < -0.4 is 14.8 Å². The van der Waals surface area contributed by atoms with Gasteiger partial charge in [-0.25, -0.2) is 8.42 Å². The van der Waals surface area contributed by atoms with E-state index in [1.54, 1.807) is 36.4 Å². The van der Waals surface area contributed by atoms with Crippen LogP contribution in [0.4, 0.5) is 5.69 Å². The summed E-state index contributed by atoms with van der Waals surface area (Å²) in [4.78, 5) is 13.1. The molecule has 2 bridgehead atoms. The van der Waals surface area contributed by atoms with Gasteiger partial charge in [0, 0.05) is 6.04 Å². The molecule has 0 aliphatic heterocycles. The number of fused-ring (bicyclic) bond motifs is 2. The van der Waals surface area contributed by atoms with Gasteiger partial charge in [0.2, 0.25) is 0 Å². The van der Waals surface area contributed by atoms with Crippen molar-refractivity contribution in [3.05, 3.63) is 54.1 Å². The second kappa shape index (κ2) is 8.91. The fraction of sp³-hybridized carbons (Fsp3) is 0.458. The second-order valence-electron chi connectivity index (χ2n) is 8.66. The number of anilines is 1. The summed E-state index contributed by atoms with van der Waals surface area (Å²) >= 11 is 0. The zero-order chi connectivity index (χ0) is 22.0. The molecule has 2 saturated carbocycles. The number of carbonyl (C=O) groups excluding carboxylic acids is 1. The third-order valence-electron chi connectivity index (χ3n) is 6.65. The summed E-state index contributed by atoms with van der Waals surface area (Å²) in [5, 5.41) is 3.12. The fourth-order valence-corrected chi connectivity index (χ4v) is 6.23. The van der Waals surface area contributed by atoms with Crippen LogP contribution in [0.15, 0.2) is 53.4 Å². The number of hydrogen-bond donors (Lipinski definition) is 2. The van der Waals surface area contributed by atoms with Crippen molar-refractivity contribution in [3.8, 4) is 5.75 Å². The number of rotatable bonds is 8. The summed E-state index contributed by atoms with van der Waals surface area (Å²) in [7, 11) is -3.84. The second-order valence-corrected chi connectivity index (χ2v) is 10.3. The molecule has 0 radical (unpaired) electrons. The molecule has 4 rings (SSSR count). The number of carbonyl (C=O) groups is 1. The smallest absolute Gasteiger partial charge is 0.261 e. The molecule has 4 atom stereocenters. The highest BCUT2D eigenvalue weighted by Crippen LogP contribution is 2.49. The maximum absolute atomic E-state index is 13.0. The van der Waals surface area contributed by atoms with Crippen LogP contribution in [-0.2, 0) is 10.0 Å². The average Bonchev–Trinajstić information content (AvgIpc) is 3.38. The zero-order valence-corrected chi connectivity index (χ0v) is 18.8. The molecule has 2 N–H and O–H groups in total. The summed E-state index contributed by atoms with van der Waals surface area (Å²) in [6.45, 7) is 4.44. The Labute approximate surface area is 184 Å². The van der Waals surface area contributed by atoms with E-state index in [4.69, 9.17) is 4.74 Å². The third-order valence-corrected chi connectivity index (χ3v) is 8.04. The molecule has 2 aromatic rings. The van der Waals surface area contributed by atoms with Gasteiger partial charge in [-0.05, 0) is 87.3 Å². The molecule has 1 amide bonds. The summed E-state index contributed by atoms with van der Waals surface area (Å²) in [5.41, 5.74) is 0.598. The van der Waals surface area contributed by atoms with E-state index in [2.05, 4.69) is 17.0 Å². The molecule has 0 spiro atoms. The van der Waals surface area contributed by atoms with Gasteiger partial charge in [0.1, 0.15) is 5.75 Å². The Balaban J connectivity index is 1.48. The molecule has 2 fully saturated rings. The standard InChI is InChI=1S/C24H30N2O4S/c1-3-30-19-10-12-20(13-11-19)31(28,29)26-23-7-5-4-6-21(23)24(27)25-16(2)22-15-17-8-9-18(22)14-17/h4-7,10-13,16-18,22,26H,3,8-9,14-15H2,1-2H3,(H,25,27)/t16-,17-,18-,22+/m0/s1. The summed E-state index contributed by atoms with van der Waals surface area (Å²) in [6, 6.07) is 13.0. The van der Waals surface area contributed by atoms with E-state index < -0.39 is 10.0 Å². The first kappa shape index (κ1) is 21.7. The number of hydrogen-bond acceptors (Lipinski definition) is 4. The van der Waals surface area contributed by atoms with Crippen LogP contribution in [0.3, 0.4) is 0 Å². The minimum Gasteiger partial charge on any atom is -0.494 e. The number of sulfonamides is 1. The van der Waals surface area contributed by atoms with Crippen molar-refractivity contribution < 1.29 is 17.9 Å². The topological polar surface area (TPSA) is 84.5 Å². The quantitative estimate of drug-likeness (QED) is 0.633. The molecular weight excluding hydrogens is 412 g/mol. The van der Waals surface area contributed by atoms with Crippen molar-refractivity contribution in [1.82, 2.24) is 5.32 Å². The molecule has 31 heavy (non-hydrogen) atoms. The van der Waals surface area contributed by atoms with E-state index >= 15 is 0 Å². The predicted molar refractivity (Wildman–Crippen MR) is 121 cm³/mol. The van der Waals surface area contributed by atoms with Crippen molar-refractivity contribution in [3.63, 3.8) is 0 Å². The fourth-order valence-electron chi connectivity index (χ4n) is 5.15. The molecule has 0 unspecified atom stereocenters. The van der Waals surface area contributed by atoms with E-state index in [9.17, 15) is 13.2 Å². The van der Waals surface area contributed by atoms with Crippen LogP contribution in [-0.4, -0.2) is 27.0 Å². The molecule has 0 aromatic heterocycles. The summed E-state index contributed by atoms with van der Waals surface area (Å²) < 4.78 is 33.7. The highest BCUT2D eigenvalue weighted by molar-refractivity contribution is 7.92. The van der Waals surface area contributed by atoms with E-state index in [0.717, 1.165) is 5.92 Å². The Morgan fingerprint density at radius 1 is 1.10 bits per heavy atom. The number of amides is 1. The predicted octanol–water partition coefficient (Wildman–Crippen LogP) is 4.44. The largest absolute Gasteiger partial charge is 0.494 e. The van der Waals surface area contributed by atoms with E-state index in [-0.39, 0.29) is 22.5 Å². The molecule has 6 nitrogen and oxygen atoms in total. The van der Waals surface area contributed by atoms with Crippen molar-refractivity contribution in [2.75, 3.05) is 11.3 Å². The highest BCUT2D eigenvalue weighted by atomic mass is 32.2. The van der Waals surface area contributed by atoms with E-state index in [1.165, 1.54) is 37.8 Å². The lowest BCUT2D eigenvalue weighted by Gasteiger charge is -2.28. The molecule has 2 aliphatic rings.